The number of aliphatic carboxylic acids is 1. The molecule has 0 radical (unpaired) electrons. The Kier molecular flexibility index (Phi) is 6.22. The number of sulfonamides is 1. The number of carbonyl (C=O) groups excluding carboxylic acids is 1. The summed E-state index contributed by atoms with van der Waals surface area (Å²) in [7, 11) is -3.19. The predicted octanol–water partition coefficient (Wildman–Crippen LogP) is 1.39. The van der Waals surface area contributed by atoms with Gasteiger partial charge in [-0.25, -0.2) is 17.6 Å². The molecule has 0 saturated carbocycles. The van der Waals surface area contributed by atoms with E-state index in [1.165, 1.54) is 0 Å². The number of halogens is 1. The topological polar surface area (TPSA) is 110 Å². The van der Waals surface area contributed by atoms with Crippen molar-refractivity contribution in [1.29, 1.82) is 0 Å². The number of rotatable bonds is 7. The molecule has 23 heavy (non-hydrogen) atoms. The highest BCUT2D eigenvalue weighted by molar-refractivity contribution is 7.89. The Morgan fingerprint density at radius 2 is 2.00 bits per heavy atom. The third-order valence-corrected chi connectivity index (χ3v) is 4.86. The van der Waals surface area contributed by atoms with E-state index in [0.29, 0.717) is 12.5 Å². The zero-order valence-electron chi connectivity index (χ0n) is 12.9. The van der Waals surface area contributed by atoms with Crippen molar-refractivity contribution in [1.82, 2.24) is 4.72 Å². The minimum absolute atomic E-state index is 0.414. The van der Waals surface area contributed by atoms with E-state index in [-0.39, 0.29) is 0 Å². The molecule has 1 rings (SSSR count). The molecular weight excluding hydrogens is 329 g/mol. The molecule has 128 valence electrons. The summed E-state index contributed by atoms with van der Waals surface area (Å²) in [6, 6.07) is 1.28. The largest absolute Gasteiger partial charge is 0.480 e. The Morgan fingerprint density at radius 1 is 1.39 bits per heavy atom. The van der Waals surface area contributed by atoms with Crippen LogP contribution in [0.25, 0.3) is 0 Å². The molecule has 0 aliphatic carbocycles. The van der Waals surface area contributed by atoms with Crippen LogP contribution in [-0.2, 0) is 19.6 Å². The maximum atomic E-state index is 13.8. The molecule has 2 atom stereocenters. The van der Waals surface area contributed by atoms with Crippen molar-refractivity contribution >= 4 is 22.0 Å². The number of carboxylic acid groups (broad SMARTS) is 1. The van der Waals surface area contributed by atoms with Gasteiger partial charge in [-0.15, -0.1) is 0 Å². The van der Waals surface area contributed by atoms with Crippen LogP contribution < -0.4 is 4.72 Å². The normalized spacial score (nSPS) is 14.1. The maximum absolute atomic E-state index is 13.8. The van der Waals surface area contributed by atoms with Crippen molar-refractivity contribution in [2.45, 2.75) is 31.2 Å². The van der Waals surface area contributed by atoms with Crippen LogP contribution in [0, 0.1) is 11.7 Å². The Labute approximate surface area is 133 Å². The van der Waals surface area contributed by atoms with Crippen molar-refractivity contribution in [2.24, 2.45) is 5.92 Å². The van der Waals surface area contributed by atoms with Gasteiger partial charge in [-0.05, 0) is 24.1 Å². The molecule has 0 spiro atoms. The Morgan fingerprint density at radius 3 is 2.43 bits per heavy atom. The number of hydrogen-bond donors (Lipinski definition) is 2. The van der Waals surface area contributed by atoms with Gasteiger partial charge < -0.3 is 9.84 Å². The lowest BCUT2D eigenvalue weighted by Gasteiger charge is -2.20. The van der Waals surface area contributed by atoms with Crippen molar-refractivity contribution < 1.29 is 32.2 Å². The average Bonchev–Trinajstić information content (AvgIpc) is 2.50. The lowest BCUT2D eigenvalue weighted by Crippen LogP contribution is -2.44. The van der Waals surface area contributed by atoms with E-state index < -0.39 is 50.2 Å². The fraction of sp³-hybridized carbons (Fsp3) is 0.429. The van der Waals surface area contributed by atoms with Gasteiger partial charge in [0, 0.05) is 0 Å². The minimum atomic E-state index is -4.25. The van der Waals surface area contributed by atoms with Crippen LogP contribution in [-0.4, -0.2) is 38.6 Å². The van der Waals surface area contributed by atoms with Gasteiger partial charge in [0.15, 0.2) is 0 Å². The van der Waals surface area contributed by atoms with Gasteiger partial charge in [-0.1, -0.05) is 20.3 Å². The van der Waals surface area contributed by atoms with E-state index in [4.69, 9.17) is 5.11 Å². The van der Waals surface area contributed by atoms with Crippen LogP contribution in [0.3, 0.4) is 0 Å². The summed E-state index contributed by atoms with van der Waals surface area (Å²) in [5.74, 6) is -3.80. The highest BCUT2D eigenvalue weighted by Gasteiger charge is 2.30. The molecule has 0 fully saturated rings. The van der Waals surface area contributed by atoms with Crippen LogP contribution in [0.4, 0.5) is 4.39 Å². The zero-order valence-corrected chi connectivity index (χ0v) is 13.7. The van der Waals surface area contributed by atoms with Gasteiger partial charge in [0.1, 0.15) is 11.9 Å². The number of ether oxygens (including phenoxy) is 1. The standard InChI is InChI=1S/C14H18FNO6S/c1-4-8(2)12(13(17)18)16-23(20,21)9-5-6-10(11(15)7-9)14(19)22-3/h5-8,12,16H,4H2,1-3H3,(H,17,18)/t8-,12-/m0/s1. The summed E-state index contributed by atoms with van der Waals surface area (Å²) in [5, 5.41) is 9.13. The molecule has 0 aliphatic rings. The number of esters is 1. The number of nitrogens with one attached hydrogen (secondary N) is 1. The van der Waals surface area contributed by atoms with Gasteiger partial charge >= 0.3 is 11.9 Å². The highest BCUT2D eigenvalue weighted by atomic mass is 32.2. The van der Waals surface area contributed by atoms with Gasteiger partial charge in [-0.3, -0.25) is 4.79 Å². The first-order valence-corrected chi connectivity index (χ1v) is 8.25. The molecule has 1 aromatic rings. The van der Waals surface area contributed by atoms with Gasteiger partial charge in [-0.2, -0.15) is 4.72 Å². The van der Waals surface area contributed by atoms with E-state index in [9.17, 15) is 22.4 Å². The van der Waals surface area contributed by atoms with Crippen LogP contribution in [0.2, 0.25) is 0 Å². The van der Waals surface area contributed by atoms with Gasteiger partial charge in [0.2, 0.25) is 10.0 Å². The fourth-order valence-corrected chi connectivity index (χ4v) is 3.13. The molecule has 0 aliphatic heterocycles. The van der Waals surface area contributed by atoms with E-state index in [1.807, 2.05) is 4.72 Å². The zero-order chi connectivity index (χ0) is 17.8. The summed E-state index contributed by atoms with van der Waals surface area (Å²) in [6.07, 6.45) is 0.440. The first-order chi connectivity index (χ1) is 10.6. The summed E-state index contributed by atoms with van der Waals surface area (Å²) < 4.78 is 44.7. The number of carbonyl (C=O) groups is 2. The molecule has 0 unspecified atom stereocenters. The molecule has 7 nitrogen and oxygen atoms in total. The molecule has 0 saturated heterocycles. The number of hydrogen-bond acceptors (Lipinski definition) is 5. The fourth-order valence-electron chi connectivity index (χ4n) is 1.82. The molecule has 0 heterocycles. The summed E-state index contributed by atoms with van der Waals surface area (Å²) in [5.41, 5.74) is -0.414. The van der Waals surface area contributed by atoms with E-state index in [0.717, 1.165) is 19.2 Å². The quantitative estimate of drug-likeness (QED) is 0.721. The first-order valence-electron chi connectivity index (χ1n) is 6.77. The summed E-state index contributed by atoms with van der Waals surface area (Å²) in [4.78, 5) is 22.0. The van der Waals surface area contributed by atoms with E-state index in [1.54, 1.807) is 13.8 Å². The third kappa shape index (κ3) is 4.49. The molecule has 0 aromatic heterocycles. The monoisotopic (exact) mass is 347 g/mol. The maximum Gasteiger partial charge on any atom is 0.340 e. The average molecular weight is 347 g/mol. The molecule has 0 bridgehead atoms. The Bertz CT molecular complexity index is 703. The number of carboxylic acids is 1. The second-order valence-electron chi connectivity index (χ2n) is 4.96. The molecule has 1 aromatic carbocycles. The van der Waals surface area contributed by atoms with Crippen molar-refractivity contribution in [3.8, 4) is 0 Å². The first kappa shape index (κ1) is 19.0. The minimum Gasteiger partial charge on any atom is -0.480 e. The van der Waals surface area contributed by atoms with Gasteiger partial charge in [0.05, 0.1) is 17.6 Å². The number of methoxy groups -OCH3 is 1. The molecular formula is C14H18FNO6S. The predicted molar refractivity (Wildman–Crippen MR) is 78.9 cm³/mol. The lowest BCUT2D eigenvalue weighted by atomic mass is 10.0. The van der Waals surface area contributed by atoms with E-state index >= 15 is 0 Å². The van der Waals surface area contributed by atoms with Crippen LogP contribution >= 0.6 is 0 Å². The highest BCUT2D eigenvalue weighted by Crippen LogP contribution is 2.18. The summed E-state index contributed by atoms with van der Waals surface area (Å²) >= 11 is 0. The van der Waals surface area contributed by atoms with Crippen molar-refractivity contribution in [3.63, 3.8) is 0 Å². The van der Waals surface area contributed by atoms with Crippen molar-refractivity contribution in [3.05, 3.63) is 29.6 Å². The second kappa shape index (κ2) is 7.51. The van der Waals surface area contributed by atoms with Crippen LogP contribution in [0.5, 0.6) is 0 Å². The third-order valence-electron chi connectivity index (χ3n) is 3.42. The number of benzene rings is 1. The smallest absolute Gasteiger partial charge is 0.340 e. The van der Waals surface area contributed by atoms with Gasteiger partial charge in [0.25, 0.3) is 0 Å². The Hall–Kier alpha value is -2.00. The second-order valence-corrected chi connectivity index (χ2v) is 6.67. The molecule has 2 N–H and O–H groups in total. The SMILES string of the molecule is CC[C@H](C)[C@H](NS(=O)(=O)c1ccc(C(=O)OC)c(F)c1)C(=O)O. The van der Waals surface area contributed by atoms with Crippen LogP contribution in [0.1, 0.15) is 30.6 Å². The van der Waals surface area contributed by atoms with Crippen LogP contribution in [0.15, 0.2) is 23.1 Å². The lowest BCUT2D eigenvalue weighted by molar-refractivity contribution is -0.140. The summed E-state index contributed by atoms with van der Waals surface area (Å²) in [6.45, 7) is 3.31. The van der Waals surface area contributed by atoms with E-state index in [2.05, 4.69) is 4.74 Å². The Balaban J connectivity index is 3.16. The molecule has 0 amide bonds. The molecule has 9 heteroatoms. The van der Waals surface area contributed by atoms with Crippen molar-refractivity contribution in [2.75, 3.05) is 7.11 Å².